The predicted molar refractivity (Wildman–Crippen MR) is 79.5 cm³/mol. The molecule has 0 saturated carbocycles. The number of amides is 2. The summed E-state index contributed by atoms with van der Waals surface area (Å²) in [6.45, 7) is 5.52. The number of hydrogen-bond acceptors (Lipinski definition) is 4. The lowest BCUT2D eigenvalue weighted by molar-refractivity contribution is -0.141. The van der Waals surface area contributed by atoms with E-state index in [1.165, 1.54) is 6.26 Å². The van der Waals surface area contributed by atoms with Gasteiger partial charge in [0.05, 0.1) is 31.0 Å². The lowest BCUT2D eigenvalue weighted by Crippen LogP contribution is -2.49. The first-order valence-corrected chi connectivity index (χ1v) is 7.86. The lowest BCUT2D eigenvalue weighted by Gasteiger charge is -2.36. The average molecular weight is 306 g/mol. The van der Waals surface area contributed by atoms with E-state index in [0.717, 1.165) is 12.8 Å². The highest BCUT2D eigenvalue weighted by Gasteiger charge is 2.32. The molecule has 3 heterocycles. The van der Waals surface area contributed by atoms with E-state index < -0.39 is 0 Å². The minimum absolute atomic E-state index is 0.0364. The van der Waals surface area contributed by atoms with Gasteiger partial charge in [0.25, 0.3) is 5.91 Å². The first-order valence-electron chi connectivity index (χ1n) is 7.86. The fourth-order valence-corrected chi connectivity index (χ4v) is 3.18. The van der Waals surface area contributed by atoms with Crippen LogP contribution in [0.5, 0.6) is 0 Å². The summed E-state index contributed by atoms with van der Waals surface area (Å²) in [5.41, 5.74) is 0.597. The molecule has 3 rings (SSSR count). The quantitative estimate of drug-likeness (QED) is 0.826. The van der Waals surface area contributed by atoms with Crippen molar-refractivity contribution in [3.8, 4) is 0 Å². The summed E-state index contributed by atoms with van der Waals surface area (Å²) < 4.78 is 10.5. The fourth-order valence-electron chi connectivity index (χ4n) is 3.18. The van der Waals surface area contributed by atoms with Crippen molar-refractivity contribution in [2.24, 2.45) is 5.92 Å². The van der Waals surface area contributed by atoms with E-state index in [1.54, 1.807) is 17.9 Å². The van der Waals surface area contributed by atoms with Gasteiger partial charge in [-0.25, -0.2) is 0 Å². The molecule has 2 amide bonds. The van der Waals surface area contributed by atoms with Crippen molar-refractivity contribution >= 4 is 11.8 Å². The average Bonchev–Trinajstić information content (AvgIpc) is 3.00. The topological polar surface area (TPSA) is 63.0 Å². The van der Waals surface area contributed by atoms with Gasteiger partial charge in [0.2, 0.25) is 5.91 Å². The lowest BCUT2D eigenvalue weighted by atomic mass is 9.95. The van der Waals surface area contributed by atoms with Gasteiger partial charge >= 0.3 is 0 Å². The van der Waals surface area contributed by atoms with Crippen LogP contribution in [-0.4, -0.2) is 61.0 Å². The number of morpholine rings is 1. The molecule has 0 bridgehead atoms. The normalized spacial score (nSPS) is 22.7. The molecule has 0 radical (unpaired) electrons. The number of likely N-dealkylation sites (tertiary alicyclic amines) is 1. The molecule has 2 fully saturated rings. The van der Waals surface area contributed by atoms with Crippen LogP contribution < -0.4 is 0 Å². The fraction of sp³-hybridized carbons (Fsp3) is 0.625. The Morgan fingerprint density at radius 2 is 1.95 bits per heavy atom. The van der Waals surface area contributed by atoms with Crippen LogP contribution in [0.15, 0.2) is 16.7 Å². The van der Waals surface area contributed by atoms with Gasteiger partial charge in [-0.1, -0.05) is 0 Å². The number of ether oxygens (including phenoxy) is 1. The second-order valence-electron chi connectivity index (χ2n) is 5.92. The number of aryl methyl sites for hydroxylation is 1. The van der Waals surface area contributed by atoms with Crippen LogP contribution in [-0.2, 0) is 9.53 Å². The zero-order valence-corrected chi connectivity index (χ0v) is 12.9. The van der Waals surface area contributed by atoms with Gasteiger partial charge < -0.3 is 19.0 Å². The smallest absolute Gasteiger partial charge is 0.257 e. The number of nitrogens with zero attached hydrogens (tertiary/aromatic N) is 2. The third-order valence-corrected chi connectivity index (χ3v) is 4.47. The molecule has 2 saturated heterocycles. The van der Waals surface area contributed by atoms with Crippen molar-refractivity contribution < 1.29 is 18.7 Å². The molecule has 1 aromatic heterocycles. The molecule has 2 aliphatic heterocycles. The molecule has 6 nitrogen and oxygen atoms in total. The molecule has 0 unspecified atom stereocenters. The van der Waals surface area contributed by atoms with Crippen LogP contribution in [0.2, 0.25) is 0 Å². The van der Waals surface area contributed by atoms with Crippen molar-refractivity contribution in [1.82, 2.24) is 9.80 Å². The molecule has 2 aliphatic rings. The summed E-state index contributed by atoms with van der Waals surface area (Å²) in [7, 11) is 0. The van der Waals surface area contributed by atoms with Crippen LogP contribution in [0.25, 0.3) is 0 Å². The number of piperidine rings is 1. The molecule has 1 aromatic rings. The van der Waals surface area contributed by atoms with Gasteiger partial charge in [0.15, 0.2) is 0 Å². The second-order valence-corrected chi connectivity index (χ2v) is 5.92. The molecule has 0 aliphatic carbocycles. The standard InChI is InChI=1S/C16H22N2O4/c1-12-14(4-8-22-12)16(20)18-5-2-3-13(11-18)15(19)17-6-9-21-10-7-17/h4,8,13H,2-3,5-7,9-11H2,1H3/t13-/m1/s1. The Morgan fingerprint density at radius 3 is 2.64 bits per heavy atom. The Bertz CT molecular complexity index is 548. The van der Waals surface area contributed by atoms with Crippen LogP contribution >= 0.6 is 0 Å². The van der Waals surface area contributed by atoms with Crippen molar-refractivity contribution in [2.45, 2.75) is 19.8 Å². The zero-order chi connectivity index (χ0) is 15.5. The van der Waals surface area contributed by atoms with Crippen molar-refractivity contribution in [3.63, 3.8) is 0 Å². The summed E-state index contributed by atoms with van der Waals surface area (Å²) in [5.74, 6) is 0.657. The van der Waals surface area contributed by atoms with Crippen molar-refractivity contribution in [1.29, 1.82) is 0 Å². The number of rotatable bonds is 2. The second kappa shape index (κ2) is 6.52. The van der Waals surface area contributed by atoms with E-state index in [9.17, 15) is 9.59 Å². The maximum atomic E-state index is 12.6. The summed E-state index contributed by atoms with van der Waals surface area (Å²) in [6.07, 6.45) is 3.25. The first kappa shape index (κ1) is 15.1. The van der Waals surface area contributed by atoms with E-state index in [2.05, 4.69) is 0 Å². The van der Waals surface area contributed by atoms with E-state index >= 15 is 0 Å². The van der Waals surface area contributed by atoms with Gasteiger partial charge in [-0.15, -0.1) is 0 Å². The van der Waals surface area contributed by atoms with Crippen LogP contribution in [0.3, 0.4) is 0 Å². The van der Waals surface area contributed by atoms with Crippen molar-refractivity contribution in [3.05, 3.63) is 23.7 Å². The Morgan fingerprint density at radius 1 is 1.18 bits per heavy atom. The Hall–Kier alpha value is -1.82. The minimum atomic E-state index is -0.0944. The Kier molecular flexibility index (Phi) is 4.47. The van der Waals surface area contributed by atoms with E-state index in [4.69, 9.17) is 9.15 Å². The highest BCUT2D eigenvalue weighted by Crippen LogP contribution is 2.22. The molecule has 22 heavy (non-hydrogen) atoms. The highest BCUT2D eigenvalue weighted by atomic mass is 16.5. The summed E-state index contributed by atoms with van der Waals surface area (Å²) in [5, 5.41) is 0. The molecular formula is C16H22N2O4. The van der Waals surface area contributed by atoms with Gasteiger partial charge in [-0.3, -0.25) is 9.59 Å². The van der Waals surface area contributed by atoms with E-state index in [1.807, 2.05) is 4.90 Å². The minimum Gasteiger partial charge on any atom is -0.469 e. The van der Waals surface area contributed by atoms with E-state index in [0.29, 0.717) is 50.7 Å². The SMILES string of the molecule is Cc1occc1C(=O)N1CCC[C@@H](C(=O)N2CCOCC2)C1. The summed E-state index contributed by atoms with van der Waals surface area (Å²) >= 11 is 0. The number of carbonyl (C=O) groups excluding carboxylic acids is 2. The Balaban J connectivity index is 1.65. The van der Waals surface area contributed by atoms with Crippen LogP contribution in [0.4, 0.5) is 0 Å². The maximum absolute atomic E-state index is 12.6. The first-order chi connectivity index (χ1) is 10.7. The molecule has 0 N–H and O–H groups in total. The van der Waals surface area contributed by atoms with Gasteiger partial charge in [0.1, 0.15) is 5.76 Å². The molecular weight excluding hydrogens is 284 g/mol. The number of carbonyl (C=O) groups is 2. The predicted octanol–water partition coefficient (Wildman–Crippen LogP) is 1.30. The van der Waals surface area contributed by atoms with Gasteiger partial charge in [-0.2, -0.15) is 0 Å². The maximum Gasteiger partial charge on any atom is 0.257 e. The highest BCUT2D eigenvalue weighted by molar-refractivity contribution is 5.95. The molecule has 0 aromatic carbocycles. The monoisotopic (exact) mass is 306 g/mol. The van der Waals surface area contributed by atoms with Gasteiger partial charge in [0, 0.05) is 26.2 Å². The van der Waals surface area contributed by atoms with Crippen LogP contribution in [0.1, 0.15) is 29.0 Å². The summed E-state index contributed by atoms with van der Waals surface area (Å²) in [6, 6.07) is 1.70. The molecule has 6 heteroatoms. The number of hydrogen-bond donors (Lipinski definition) is 0. The largest absolute Gasteiger partial charge is 0.469 e. The van der Waals surface area contributed by atoms with E-state index in [-0.39, 0.29) is 17.7 Å². The van der Waals surface area contributed by atoms with Gasteiger partial charge in [-0.05, 0) is 25.8 Å². The third kappa shape index (κ3) is 3.02. The Labute approximate surface area is 130 Å². The molecule has 120 valence electrons. The molecule has 0 spiro atoms. The van der Waals surface area contributed by atoms with Crippen LogP contribution in [0, 0.1) is 12.8 Å². The summed E-state index contributed by atoms with van der Waals surface area (Å²) in [4.78, 5) is 28.8. The molecule has 1 atom stereocenters. The number of furan rings is 1. The zero-order valence-electron chi connectivity index (χ0n) is 12.9. The third-order valence-electron chi connectivity index (χ3n) is 4.47. The van der Waals surface area contributed by atoms with Crippen molar-refractivity contribution in [2.75, 3.05) is 39.4 Å².